The zero-order chi connectivity index (χ0) is 12.4. The lowest BCUT2D eigenvalue weighted by Gasteiger charge is -2.31. The van der Waals surface area contributed by atoms with Crippen molar-refractivity contribution >= 4 is 11.7 Å². The van der Waals surface area contributed by atoms with Gasteiger partial charge in [-0.05, 0) is 18.6 Å². The molecule has 0 bridgehead atoms. The minimum Gasteiger partial charge on any atom is -0.453 e. The number of hydrogen-bond donors (Lipinski definition) is 0. The standard InChI is InChI=1S/C10H15N5O2/c1-7-4-5-8(6-15(7)10(16)17-3)9-11-13-14(2)12-9/h5,7H,4,6H2,1-3H3. The lowest BCUT2D eigenvalue weighted by atomic mass is 10.0. The van der Waals surface area contributed by atoms with Gasteiger partial charge in [0, 0.05) is 11.6 Å². The number of carbonyl (C=O) groups excluding carboxylic acids is 1. The number of aryl methyl sites for hydroxylation is 1. The molecule has 0 aromatic carbocycles. The first-order valence-electron chi connectivity index (χ1n) is 5.40. The van der Waals surface area contributed by atoms with Gasteiger partial charge in [0.25, 0.3) is 0 Å². The molecule has 0 fully saturated rings. The average Bonchev–Trinajstić information content (AvgIpc) is 2.75. The molecule has 1 atom stereocenters. The molecule has 7 heteroatoms. The van der Waals surface area contributed by atoms with Crippen molar-refractivity contribution < 1.29 is 9.53 Å². The van der Waals surface area contributed by atoms with Crippen molar-refractivity contribution in [3.8, 4) is 0 Å². The Kier molecular flexibility index (Phi) is 3.08. The molecule has 0 spiro atoms. The summed E-state index contributed by atoms with van der Waals surface area (Å²) < 4.78 is 4.75. The van der Waals surface area contributed by atoms with E-state index in [1.54, 1.807) is 11.9 Å². The summed E-state index contributed by atoms with van der Waals surface area (Å²) in [5.41, 5.74) is 0.904. The Hall–Kier alpha value is -1.92. The van der Waals surface area contributed by atoms with E-state index in [4.69, 9.17) is 4.74 Å². The Labute approximate surface area is 99.0 Å². The molecule has 0 N–H and O–H groups in total. The predicted molar refractivity (Wildman–Crippen MR) is 60.0 cm³/mol. The molecule has 1 aliphatic rings. The third kappa shape index (κ3) is 2.27. The van der Waals surface area contributed by atoms with Crippen LogP contribution in [-0.2, 0) is 11.8 Å². The van der Waals surface area contributed by atoms with Crippen molar-refractivity contribution in [1.82, 2.24) is 25.1 Å². The predicted octanol–water partition coefficient (Wildman–Crippen LogP) is 0.454. The molecular weight excluding hydrogens is 222 g/mol. The molecular formula is C10H15N5O2. The van der Waals surface area contributed by atoms with Crippen LogP contribution < -0.4 is 0 Å². The largest absolute Gasteiger partial charge is 0.453 e. The zero-order valence-electron chi connectivity index (χ0n) is 10.1. The zero-order valence-corrected chi connectivity index (χ0v) is 10.1. The first kappa shape index (κ1) is 11.6. The van der Waals surface area contributed by atoms with E-state index >= 15 is 0 Å². The molecule has 7 nitrogen and oxygen atoms in total. The minimum atomic E-state index is -0.327. The molecule has 92 valence electrons. The maximum atomic E-state index is 11.6. The molecule has 2 heterocycles. The number of hydrogen-bond acceptors (Lipinski definition) is 5. The Balaban J connectivity index is 2.19. The average molecular weight is 237 g/mol. The second-order valence-corrected chi connectivity index (χ2v) is 4.01. The number of nitrogens with zero attached hydrogens (tertiary/aromatic N) is 5. The third-order valence-corrected chi connectivity index (χ3v) is 2.78. The quantitative estimate of drug-likeness (QED) is 0.709. The van der Waals surface area contributed by atoms with Crippen molar-refractivity contribution in [2.45, 2.75) is 19.4 Å². The van der Waals surface area contributed by atoms with E-state index < -0.39 is 0 Å². The van der Waals surface area contributed by atoms with E-state index in [0.717, 1.165) is 12.0 Å². The molecule has 1 aliphatic heterocycles. The van der Waals surface area contributed by atoms with Crippen molar-refractivity contribution in [2.24, 2.45) is 7.05 Å². The lowest BCUT2D eigenvalue weighted by Crippen LogP contribution is -2.41. The molecule has 0 aliphatic carbocycles. The van der Waals surface area contributed by atoms with Crippen LogP contribution >= 0.6 is 0 Å². The minimum absolute atomic E-state index is 0.128. The van der Waals surface area contributed by atoms with Crippen molar-refractivity contribution in [2.75, 3.05) is 13.7 Å². The highest BCUT2D eigenvalue weighted by Gasteiger charge is 2.26. The Morgan fingerprint density at radius 2 is 2.35 bits per heavy atom. The summed E-state index contributed by atoms with van der Waals surface area (Å²) >= 11 is 0. The summed E-state index contributed by atoms with van der Waals surface area (Å²) in [5.74, 6) is 0.563. The third-order valence-electron chi connectivity index (χ3n) is 2.78. The highest BCUT2D eigenvalue weighted by atomic mass is 16.5. The number of carbonyl (C=O) groups is 1. The van der Waals surface area contributed by atoms with Gasteiger partial charge in [0.05, 0.1) is 20.7 Å². The monoisotopic (exact) mass is 237 g/mol. The molecule has 0 radical (unpaired) electrons. The van der Waals surface area contributed by atoms with Gasteiger partial charge in [-0.2, -0.15) is 4.80 Å². The highest BCUT2D eigenvalue weighted by Crippen LogP contribution is 2.21. The van der Waals surface area contributed by atoms with Crippen molar-refractivity contribution in [3.05, 3.63) is 11.9 Å². The Morgan fingerprint density at radius 1 is 1.59 bits per heavy atom. The Morgan fingerprint density at radius 3 is 2.94 bits per heavy atom. The van der Waals surface area contributed by atoms with Crippen LogP contribution in [0.2, 0.25) is 0 Å². The van der Waals surface area contributed by atoms with E-state index in [9.17, 15) is 4.79 Å². The summed E-state index contributed by atoms with van der Waals surface area (Å²) in [6.45, 7) is 2.44. The molecule has 2 rings (SSSR count). The summed E-state index contributed by atoms with van der Waals surface area (Å²) in [7, 11) is 3.09. The van der Waals surface area contributed by atoms with Gasteiger partial charge in [-0.15, -0.1) is 10.2 Å². The SMILES string of the molecule is COC(=O)N1CC(c2nnn(C)n2)=CCC1C. The summed E-state index contributed by atoms with van der Waals surface area (Å²) in [6, 6.07) is 0.128. The van der Waals surface area contributed by atoms with E-state index in [1.807, 2.05) is 13.0 Å². The molecule has 1 aromatic rings. The first-order chi connectivity index (χ1) is 8.11. The van der Waals surface area contributed by atoms with Crippen LogP contribution in [0.15, 0.2) is 6.08 Å². The maximum absolute atomic E-state index is 11.6. The fraction of sp³-hybridized carbons (Fsp3) is 0.600. The number of ether oxygens (including phenoxy) is 1. The second-order valence-electron chi connectivity index (χ2n) is 4.01. The van der Waals surface area contributed by atoms with Crippen molar-refractivity contribution in [3.63, 3.8) is 0 Å². The molecule has 0 saturated heterocycles. The van der Waals surface area contributed by atoms with Gasteiger partial charge < -0.3 is 9.64 Å². The number of amides is 1. The summed E-state index contributed by atoms with van der Waals surface area (Å²) in [4.78, 5) is 14.6. The van der Waals surface area contributed by atoms with E-state index in [1.165, 1.54) is 11.9 Å². The van der Waals surface area contributed by atoms with Crippen LogP contribution in [-0.4, -0.2) is 50.9 Å². The fourth-order valence-corrected chi connectivity index (χ4v) is 1.78. The van der Waals surface area contributed by atoms with E-state index in [-0.39, 0.29) is 12.1 Å². The van der Waals surface area contributed by atoms with Gasteiger partial charge >= 0.3 is 6.09 Å². The summed E-state index contributed by atoms with van der Waals surface area (Å²) in [5, 5.41) is 11.8. The molecule has 1 aromatic heterocycles. The Bertz CT molecular complexity index is 453. The van der Waals surface area contributed by atoms with Gasteiger partial charge in [0.2, 0.25) is 5.82 Å². The lowest BCUT2D eigenvalue weighted by molar-refractivity contribution is 0.113. The number of rotatable bonds is 1. The fourth-order valence-electron chi connectivity index (χ4n) is 1.78. The number of aromatic nitrogens is 4. The molecule has 1 amide bonds. The van der Waals surface area contributed by atoms with Crippen LogP contribution in [0.3, 0.4) is 0 Å². The van der Waals surface area contributed by atoms with Crippen LogP contribution in [0, 0.1) is 0 Å². The van der Waals surface area contributed by atoms with Crippen molar-refractivity contribution in [1.29, 1.82) is 0 Å². The van der Waals surface area contributed by atoms with Gasteiger partial charge in [0.15, 0.2) is 0 Å². The van der Waals surface area contributed by atoms with E-state index in [0.29, 0.717) is 12.4 Å². The number of tetrazole rings is 1. The summed E-state index contributed by atoms with van der Waals surface area (Å²) in [6.07, 6.45) is 2.48. The molecule has 0 saturated carbocycles. The molecule has 1 unspecified atom stereocenters. The van der Waals surface area contributed by atoms with Crippen LogP contribution in [0.1, 0.15) is 19.2 Å². The van der Waals surface area contributed by atoms with Crippen LogP contribution in [0.25, 0.3) is 5.57 Å². The van der Waals surface area contributed by atoms with Gasteiger partial charge in [-0.25, -0.2) is 4.79 Å². The molecule has 17 heavy (non-hydrogen) atoms. The highest BCUT2D eigenvalue weighted by molar-refractivity contribution is 5.73. The van der Waals surface area contributed by atoms with Crippen LogP contribution in [0.5, 0.6) is 0 Å². The van der Waals surface area contributed by atoms with E-state index in [2.05, 4.69) is 15.4 Å². The smallest absolute Gasteiger partial charge is 0.410 e. The first-order valence-corrected chi connectivity index (χ1v) is 5.40. The maximum Gasteiger partial charge on any atom is 0.410 e. The number of methoxy groups -OCH3 is 1. The van der Waals surface area contributed by atoms with Crippen LogP contribution in [0.4, 0.5) is 4.79 Å². The normalized spacial score (nSPS) is 20.1. The topological polar surface area (TPSA) is 73.1 Å². The van der Waals surface area contributed by atoms with Gasteiger partial charge in [-0.1, -0.05) is 6.08 Å². The van der Waals surface area contributed by atoms with Gasteiger partial charge in [0.1, 0.15) is 0 Å². The van der Waals surface area contributed by atoms with Gasteiger partial charge in [-0.3, -0.25) is 0 Å². The second kappa shape index (κ2) is 4.52.